The first-order valence-corrected chi connectivity index (χ1v) is 12.0. The van der Waals surface area contributed by atoms with Crippen molar-refractivity contribution in [1.29, 1.82) is 0 Å². The van der Waals surface area contributed by atoms with Gasteiger partial charge in [0.1, 0.15) is 24.4 Å². The summed E-state index contributed by atoms with van der Waals surface area (Å²) in [4.78, 5) is 40.1. The molecule has 0 radical (unpaired) electrons. The molecule has 0 atom stereocenters. The van der Waals surface area contributed by atoms with Crippen LogP contribution in [-0.4, -0.2) is 54.3 Å². The molecule has 2 aromatic rings. The number of thiazole rings is 1. The Kier molecular flexibility index (Phi) is 7.17. The van der Waals surface area contributed by atoms with E-state index in [0.717, 1.165) is 29.7 Å². The zero-order valence-electron chi connectivity index (χ0n) is 18.9. The molecule has 176 valence electrons. The highest BCUT2D eigenvalue weighted by molar-refractivity contribution is 7.07. The van der Waals surface area contributed by atoms with Gasteiger partial charge in [0.05, 0.1) is 17.2 Å². The van der Waals surface area contributed by atoms with Crippen LogP contribution in [0.3, 0.4) is 0 Å². The van der Waals surface area contributed by atoms with Crippen molar-refractivity contribution in [2.24, 2.45) is 5.92 Å². The third-order valence-electron chi connectivity index (χ3n) is 5.76. The second-order valence-corrected chi connectivity index (χ2v) is 9.27. The molecule has 33 heavy (non-hydrogen) atoms. The molecule has 0 aliphatic carbocycles. The molecule has 0 unspecified atom stereocenters. The lowest BCUT2D eigenvalue weighted by molar-refractivity contribution is -0.136. The molecule has 0 spiro atoms. The average molecular weight is 473 g/mol. The summed E-state index contributed by atoms with van der Waals surface area (Å²) in [5.41, 5.74) is 0.452. The lowest BCUT2D eigenvalue weighted by Crippen LogP contribution is -2.43. The smallest absolute Gasteiger partial charge is 0.333 e. The van der Waals surface area contributed by atoms with E-state index < -0.39 is 5.97 Å². The summed E-state index contributed by atoms with van der Waals surface area (Å²) >= 11 is 1.16. The van der Waals surface area contributed by atoms with E-state index in [4.69, 9.17) is 14.2 Å². The number of likely N-dealkylation sites (tertiary alicyclic amines) is 1. The maximum atomic E-state index is 13.2. The molecular formula is C24H28N2O6S. The van der Waals surface area contributed by atoms with Crippen LogP contribution in [0.15, 0.2) is 23.0 Å². The quantitative estimate of drug-likeness (QED) is 0.606. The molecule has 2 aliphatic heterocycles. The minimum atomic E-state index is -0.544. The topological polar surface area (TPSA) is 87.1 Å². The standard InChI is InChI=1S/C24H28N2O6S/c1-3-30-23(28)14-22-26(15-21(27)25-8-6-16(2)7-9-25)24(29)20(33-22)13-17-4-5-18-19(12-17)32-11-10-31-18/h4-5,12-14,16H,3,6-11,15H2,1-2H3/b20-13-,22-14-. The van der Waals surface area contributed by atoms with Gasteiger partial charge >= 0.3 is 5.97 Å². The molecule has 0 bridgehead atoms. The number of hydrogen-bond donors (Lipinski definition) is 0. The number of rotatable bonds is 5. The number of fused-ring (bicyclic) bond motifs is 1. The van der Waals surface area contributed by atoms with Crippen molar-refractivity contribution < 1.29 is 23.8 Å². The van der Waals surface area contributed by atoms with Crippen molar-refractivity contribution in [2.75, 3.05) is 32.9 Å². The van der Waals surface area contributed by atoms with Gasteiger partial charge in [0.15, 0.2) is 11.5 Å². The summed E-state index contributed by atoms with van der Waals surface area (Å²) in [6.07, 6.45) is 4.92. The van der Waals surface area contributed by atoms with Gasteiger partial charge in [0.2, 0.25) is 5.91 Å². The third kappa shape index (κ3) is 5.47. The third-order valence-corrected chi connectivity index (χ3v) is 6.82. The maximum Gasteiger partial charge on any atom is 0.333 e. The van der Waals surface area contributed by atoms with Crippen LogP contribution in [0.25, 0.3) is 12.2 Å². The van der Waals surface area contributed by atoms with Gasteiger partial charge in [-0.25, -0.2) is 4.79 Å². The molecule has 1 aromatic carbocycles. The van der Waals surface area contributed by atoms with E-state index in [1.807, 2.05) is 12.1 Å². The lowest BCUT2D eigenvalue weighted by Gasteiger charge is -2.30. The Labute approximate surface area is 195 Å². The Morgan fingerprint density at radius 3 is 2.64 bits per heavy atom. The summed E-state index contributed by atoms with van der Waals surface area (Å²) in [5, 5.41) is 0. The van der Waals surface area contributed by atoms with E-state index in [1.165, 1.54) is 10.6 Å². The largest absolute Gasteiger partial charge is 0.486 e. The summed E-state index contributed by atoms with van der Waals surface area (Å²) in [6, 6.07) is 5.46. The van der Waals surface area contributed by atoms with Crippen molar-refractivity contribution in [2.45, 2.75) is 33.2 Å². The monoisotopic (exact) mass is 472 g/mol. The molecule has 9 heteroatoms. The minimum Gasteiger partial charge on any atom is -0.486 e. The van der Waals surface area contributed by atoms with E-state index in [-0.39, 0.29) is 24.6 Å². The lowest BCUT2D eigenvalue weighted by atomic mass is 9.99. The van der Waals surface area contributed by atoms with E-state index in [2.05, 4.69) is 6.92 Å². The molecular weight excluding hydrogens is 444 g/mol. The van der Waals surface area contributed by atoms with Gasteiger partial charge in [-0.2, -0.15) is 0 Å². The highest BCUT2D eigenvalue weighted by Crippen LogP contribution is 2.30. The Balaban J connectivity index is 1.69. The number of nitrogens with zero attached hydrogens (tertiary/aromatic N) is 2. The number of benzene rings is 1. The van der Waals surface area contributed by atoms with Crippen LogP contribution in [-0.2, 0) is 20.9 Å². The van der Waals surface area contributed by atoms with Gasteiger partial charge in [-0.1, -0.05) is 13.0 Å². The van der Waals surface area contributed by atoms with E-state index in [1.54, 1.807) is 24.0 Å². The van der Waals surface area contributed by atoms with E-state index in [9.17, 15) is 14.4 Å². The number of aromatic nitrogens is 1. The first kappa shape index (κ1) is 23.1. The number of piperidine rings is 1. The molecule has 1 amide bonds. The highest BCUT2D eigenvalue weighted by Gasteiger charge is 2.22. The Hall–Kier alpha value is -3.07. The Morgan fingerprint density at radius 2 is 1.91 bits per heavy atom. The first-order valence-electron chi connectivity index (χ1n) is 11.2. The summed E-state index contributed by atoms with van der Waals surface area (Å²) in [6.45, 7) is 6.36. The van der Waals surface area contributed by atoms with Crippen molar-refractivity contribution in [1.82, 2.24) is 9.47 Å². The van der Waals surface area contributed by atoms with Gasteiger partial charge in [0, 0.05) is 13.1 Å². The maximum absolute atomic E-state index is 13.2. The summed E-state index contributed by atoms with van der Waals surface area (Å²) in [7, 11) is 0. The van der Waals surface area contributed by atoms with Gasteiger partial charge in [-0.15, -0.1) is 11.3 Å². The zero-order chi connectivity index (χ0) is 23.4. The van der Waals surface area contributed by atoms with Gasteiger partial charge in [0.25, 0.3) is 5.56 Å². The van der Waals surface area contributed by atoms with E-state index in [0.29, 0.717) is 52.9 Å². The van der Waals surface area contributed by atoms with Crippen molar-refractivity contribution in [3.8, 4) is 11.5 Å². The van der Waals surface area contributed by atoms with Crippen molar-refractivity contribution in [3.05, 3.63) is 43.3 Å². The SMILES string of the molecule is CCOC(=O)/C=c1\s/c(=C\c2ccc3c(c2)OCCO3)c(=O)n1CC(=O)N1CCC(C)CC1. The Morgan fingerprint density at radius 1 is 1.18 bits per heavy atom. The molecule has 2 aliphatic rings. The highest BCUT2D eigenvalue weighted by atomic mass is 32.1. The molecule has 1 fully saturated rings. The number of amides is 1. The summed E-state index contributed by atoms with van der Waals surface area (Å²) < 4.78 is 18.4. The van der Waals surface area contributed by atoms with Gasteiger partial charge in [-0.05, 0) is 49.5 Å². The molecule has 1 aromatic heterocycles. The molecule has 0 N–H and O–H groups in total. The average Bonchev–Trinajstić information content (AvgIpc) is 3.08. The fourth-order valence-corrected chi connectivity index (χ4v) is 4.90. The zero-order valence-corrected chi connectivity index (χ0v) is 19.7. The fraction of sp³-hybridized carbons (Fsp3) is 0.458. The van der Waals surface area contributed by atoms with Crippen LogP contribution in [0.2, 0.25) is 0 Å². The first-order chi connectivity index (χ1) is 15.9. The second kappa shape index (κ2) is 10.2. The minimum absolute atomic E-state index is 0.107. The normalized spacial score (nSPS) is 17.3. The second-order valence-electron chi connectivity index (χ2n) is 8.20. The van der Waals surface area contributed by atoms with Crippen LogP contribution in [0.1, 0.15) is 32.3 Å². The molecule has 4 rings (SSSR count). The number of hydrogen-bond acceptors (Lipinski definition) is 7. The Bertz CT molecular complexity index is 1210. The number of carbonyl (C=O) groups is 2. The summed E-state index contributed by atoms with van der Waals surface area (Å²) in [5.74, 6) is 1.22. The van der Waals surface area contributed by atoms with Gasteiger partial charge < -0.3 is 19.1 Å². The number of esters is 1. The van der Waals surface area contributed by atoms with Crippen LogP contribution in [0, 0.1) is 5.92 Å². The van der Waals surface area contributed by atoms with Crippen LogP contribution in [0.5, 0.6) is 11.5 Å². The molecule has 1 saturated heterocycles. The van der Waals surface area contributed by atoms with Crippen molar-refractivity contribution >= 4 is 35.4 Å². The predicted octanol–water partition coefficient (Wildman–Crippen LogP) is 1.11. The molecule has 8 nitrogen and oxygen atoms in total. The fourth-order valence-electron chi connectivity index (χ4n) is 3.87. The van der Waals surface area contributed by atoms with Crippen LogP contribution < -0.4 is 24.2 Å². The molecule has 0 saturated carbocycles. The van der Waals surface area contributed by atoms with Crippen molar-refractivity contribution in [3.63, 3.8) is 0 Å². The van der Waals surface area contributed by atoms with Gasteiger partial charge in [-0.3, -0.25) is 14.2 Å². The van der Waals surface area contributed by atoms with E-state index >= 15 is 0 Å². The number of carbonyl (C=O) groups excluding carboxylic acids is 2. The van der Waals surface area contributed by atoms with Crippen LogP contribution >= 0.6 is 11.3 Å². The number of ether oxygens (including phenoxy) is 3. The predicted molar refractivity (Wildman–Crippen MR) is 125 cm³/mol. The molecule has 3 heterocycles. The van der Waals surface area contributed by atoms with Crippen LogP contribution in [0.4, 0.5) is 0 Å².